The molecule has 0 saturated heterocycles. The summed E-state index contributed by atoms with van der Waals surface area (Å²) in [5.41, 5.74) is 4.88. The highest BCUT2D eigenvalue weighted by Gasteiger charge is 2.16. The molecular weight excluding hydrogens is 508 g/mol. The summed E-state index contributed by atoms with van der Waals surface area (Å²) < 4.78 is 13.2. The second kappa shape index (κ2) is 10.9. The fourth-order valence-corrected chi connectivity index (χ4v) is 4.04. The predicted molar refractivity (Wildman–Crippen MR) is 146 cm³/mol. The molecule has 0 radical (unpaired) electrons. The van der Waals surface area contributed by atoms with E-state index in [1.807, 2.05) is 58.9 Å². The lowest BCUT2D eigenvalue weighted by atomic mass is 10.1. The van der Waals surface area contributed by atoms with Crippen molar-refractivity contribution in [3.63, 3.8) is 0 Å². The number of nitrogens with one attached hydrogen (secondary N) is 1. The molecule has 4 aromatic rings. The van der Waals surface area contributed by atoms with E-state index in [0.717, 1.165) is 27.8 Å². The Morgan fingerprint density at radius 1 is 1.00 bits per heavy atom. The van der Waals surface area contributed by atoms with Crippen LogP contribution in [0.2, 0.25) is 5.02 Å². The lowest BCUT2D eigenvalue weighted by Gasteiger charge is -2.13. The van der Waals surface area contributed by atoms with Gasteiger partial charge in [0.05, 0.1) is 16.7 Å². The zero-order valence-electron chi connectivity index (χ0n) is 21.7. The number of carbonyl (C=O) groups is 1. The Balaban J connectivity index is 1.49. The summed E-state index contributed by atoms with van der Waals surface area (Å²) in [6.07, 6.45) is 1.61. The fraction of sp³-hybridized carbons (Fsp3) is 0.214. The quantitative estimate of drug-likeness (QED) is 0.191. The monoisotopic (exact) mass is 534 g/mol. The van der Waals surface area contributed by atoms with Crippen LogP contribution in [0.15, 0.2) is 54.7 Å². The summed E-state index contributed by atoms with van der Waals surface area (Å²) in [6, 6.07) is 13.2. The number of non-ortho nitro benzene ring substituents is 1. The first-order valence-corrected chi connectivity index (χ1v) is 12.2. The summed E-state index contributed by atoms with van der Waals surface area (Å²) in [5, 5.41) is 19.2. The number of benzene rings is 3. The van der Waals surface area contributed by atoms with Crippen LogP contribution in [0.4, 0.5) is 11.4 Å². The van der Waals surface area contributed by atoms with Gasteiger partial charge in [-0.15, -0.1) is 0 Å². The van der Waals surface area contributed by atoms with Gasteiger partial charge in [-0.05, 0) is 86.7 Å². The fourth-order valence-electron chi connectivity index (χ4n) is 3.93. The molecule has 1 aromatic heterocycles. The Hall–Kier alpha value is -4.37. The first kappa shape index (κ1) is 26.7. The number of aryl methyl sites for hydroxylation is 4. The van der Waals surface area contributed by atoms with Crippen molar-refractivity contribution in [1.82, 2.24) is 9.78 Å². The largest absolute Gasteiger partial charge is 0.471 e. The number of nitro benzene ring substituents is 1. The molecule has 0 spiro atoms. The Labute approximate surface area is 225 Å². The summed E-state index contributed by atoms with van der Waals surface area (Å²) in [6.45, 7) is 9.70. The van der Waals surface area contributed by atoms with Gasteiger partial charge in [0.15, 0.2) is 12.4 Å². The van der Waals surface area contributed by atoms with Gasteiger partial charge in [0.2, 0.25) is 0 Å². The van der Waals surface area contributed by atoms with Crippen LogP contribution < -0.4 is 14.8 Å². The van der Waals surface area contributed by atoms with Crippen molar-refractivity contribution in [3.05, 3.63) is 103 Å². The minimum atomic E-state index is -0.539. The second-order valence-electron chi connectivity index (χ2n) is 9.12. The first-order chi connectivity index (χ1) is 18.0. The smallest absolute Gasteiger partial charge is 0.276 e. The van der Waals surface area contributed by atoms with E-state index in [2.05, 4.69) is 10.4 Å². The molecule has 0 fully saturated rings. The van der Waals surface area contributed by atoms with Gasteiger partial charge < -0.3 is 14.8 Å². The lowest BCUT2D eigenvalue weighted by molar-refractivity contribution is -0.384. The summed E-state index contributed by atoms with van der Waals surface area (Å²) >= 11 is 6.21. The minimum absolute atomic E-state index is 0.0812. The van der Waals surface area contributed by atoms with Crippen molar-refractivity contribution in [2.75, 3.05) is 5.32 Å². The Kier molecular flexibility index (Phi) is 7.68. The number of aromatic nitrogens is 2. The third kappa shape index (κ3) is 6.12. The molecular formula is C28H27ClN4O5. The molecule has 9 nitrogen and oxygen atoms in total. The van der Waals surface area contributed by atoms with E-state index in [0.29, 0.717) is 16.5 Å². The molecule has 0 aliphatic carbocycles. The number of hydrogen-bond acceptors (Lipinski definition) is 6. The number of anilines is 1. The van der Waals surface area contributed by atoms with E-state index >= 15 is 0 Å². The van der Waals surface area contributed by atoms with Gasteiger partial charge in [-0.3, -0.25) is 14.9 Å². The topological polar surface area (TPSA) is 109 Å². The van der Waals surface area contributed by atoms with Gasteiger partial charge in [-0.1, -0.05) is 17.7 Å². The van der Waals surface area contributed by atoms with E-state index in [1.54, 1.807) is 6.20 Å². The zero-order chi connectivity index (χ0) is 27.6. The summed E-state index contributed by atoms with van der Waals surface area (Å²) in [4.78, 5) is 23.9. The molecule has 3 aromatic carbocycles. The zero-order valence-corrected chi connectivity index (χ0v) is 22.4. The number of rotatable bonds is 8. The van der Waals surface area contributed by atoms with Crippen LogP contribution in [0, 0.1) is 44.7 Å². The molecule has 1 heterocycles. The molecule has 1 amide bonds. The van der Waals surface area contributed by atoms with Crippen LogP contribution in [-0.2, 0) is 6.73 Å². The van der Waals surface area contributed by atoms with Crippen LogP contribution in [0.25, 0.3) is 0 Å². The molecule has 1 N–H and O–H groups in total. The third-order valence-electron chi connectivity index (χ3n) is 6.00. The standard InChI is InChI=1S/C28H27ClN4O5/c1-16-8-17(2)20(5)26(9-16)38-24-13-21(12-22(14-24)33(35)36)30-28(34)25-6-7-32(31-25)15-37-23-10-18(3)27(29)19(4)11-23/h6-14H,15H2,1-5H3,(H,30,34). The number of nitro groups is 1. The van der Waals surface area contributed by atoms with Crippen molar-refractivity contribution >= 4 is 28.9 Å². The van der Waals surface area contributed by atoms with Crippen molar-refractivity contribution in [2.45, 2.75) is 41.3 Å². The third-order valence-corrected chi connectivity index (χ3v) is 6.59. The van der Waals surface area contributed by atoms with E-state index in [4.69, 9.17) is 21.1 Å². The number of halogens is 1. The number of amides is 1. The molecule has 38 heavy (non-hydrogen) atoms. The molecule has 0 bridgehead atoms. The Bertz CT molecular complexity index is 1520. The van der Waals surface area contributed by atoms with E-state index in [9.17, 15) is 14.9 Å². The maximum atomic E-state index is 12.9. The van der Waals surface area contributed by atoms with Crippen LogP contribution in [-0.4, -0.2) is 20.6 Å². The minimum Gasteiger partial charge on any atom is -0.471 e. The van der Waals surface area contributed by atoms with E-state index in [-0.39, 0.29) is 29.5 Å². The van der Waals surface area contributed by atoms with E-state index in [1.165, 1.54) is 28.9 Å². The highest BCUT2D eigenvalue weighted by atomic mass is 35.5. The molecule has 4 rings (SSSR count). The molecule has 0 saturated carbocycles. The van der Waals surface area contributed by atoms with Crippen LogP contribution in [0.3, 0.4) is 0 Å². The SMILES string of the molecule is Cc1cc(C)c(C)c(Oc2cc(NC(=O)c3ccn(COc4cc(C)c(Cl)c(C)c4)n3)cc([N+](=O)[O-])c2)c1. The number of hydrogen-bond donors (Lipinski definition) is 1. The molecule has 0 aliphatic rings. The van der Waals surface area contributed by atoms with Gasteiger partial charge in [0.25, 0.3) is 11.6 Å². The molecule has 196 valence electrons. The maximum Gasteiger partial charge on any atom is 0.276 e. The summed E-state index contributed by atoms with van der Waals surface area (Å²) in [5.74, 6) is 0.921. The van der Waals surface area contributed by atoms with Crippen molar-refractivity contribution in [3.8, 4) is 17.2 Å². The Morgan fingerprint density at radius 2 is 1.71 bits per heavy atom. The predicted octanol–water partition coefficient (Wildman–Crippen LogP) is 7.07. The first-order valence-electron chi connectivity index (χ1n) is 11.8. The highest BCUT2D eigenvalue weighted by Crippen LogP contribution is 2.33. The van der Waals surface area contributed by atoms with Crippen molar-refractivity contribution in [2.24, 2.45) is 0 Å². The van der Waals surface area contributed by atoms with Crippen LogP contribution in [0.5, 0.6) is 17.2 Å². The Morgan fingerprint density at radius 3 is 2.39 bits per heavy atom. The molecule has 0 unspecified atom stereocenters. The van der Waals surface area contributed by atoms with Gasteiger partial charge in [0, 0.05) is 23.4 Å². The number of carbonyl (C=O) groups excluding carboxylic acids is 1. The van der Waals surface area contributed by atoms with Gasteiger partial charge in [-0.2, -0.15) is 5.10 Å². The molecule has 0 aliphatic heterocycles. The average molecular weight is 535 g/mol. The second-order valence-corrected chi connectivity index (χ2v) is 9.50. The van der Waals surface area contributed by atoms with Crippen LogP contribution in [0.1, 0.15) is 38.3 Å². The van der Waals surface area contributed by atoms with Gasteiger partial charge in [0.1, 0.15) is 17.2 Å². The average Bonchev–Trinajstić information content (AvgIpc) is 3.33. The van der Waals surface area contributed by atoms with E-state index < -0.39 is 10.8 Å². The molecule has 10 heteroatoms. The maximum absolute atomic E-state index is 12.9. The molecule has 0 atom stereocenters. The van der Waals surface area contributed by atoms with Gasteiger partial charge in [-0.25, -0.2) is 4.68 Å². The van der Waals surface area contributed by atoms with Crippen LogP contribution >= 0.6 is 11.6 Å². The van der Waals surface area contributed by atoms with Crippen molar-refractivity contribution < 1.29 is 19.2 Å². The summed E-state index contributed by atoms with van der Waals surface area (Å²) in [7, 11) is 0. The highest BCUT2D eigenvalue weighted by molar-refractivity contribution is 6.32. The normalized spacial score (nSPS) is 10.8. The van der Waals surface area contributed by atoms with Crippen molar-refractivity contribution in [1.29, 1.82) is 0 Å². The van der Waals surface area contributed by atoms with Gasteiger partial charge >= 0.3 is 0 Å². The number of ether oxygens (including phenoxy) is 2. The lowest BCUT2D eigenvalue weighted by Crippen LogP contribution is -2.14. The number of nitrogens with zero attached hydrogens (tertiary/aromatic N) is 3.